The van der Waals surface area contributed by atoms with Crippen LogP contribution < -0.4 is 10.5 Å². The molecule has 0 bridgehead atoms. The minimum atomic E-state index is -0.294. The molecule has 0 amide bonds. The Morgan fingerprint density at radius 1 is 1.38 bits per heavy atom. The van der Waals surface area contributed by atoms with E-state index in [0.29, 0.717) is 13.2 Å². The molecule has 3 heteroatoms. The third-order valence-electron chi connectivity index (χ3n) is 3.55. The van der Waals surface area contributed by atoms with Crippen LogP contribution in [0.5, 0.6) is 5.75 Å². The van der Waals surface area contributed by atoms with E-state index in [1.807, 2.05) is 12.1 Å². The molecule has 88 valence electrons. The van der Waals surface area contributed by atoms with Gasteiger partial charge in [0.05, 0.1) is 25.7 Å². The van der Waals surface area contributed by atoms with Gasteiger partial charge in [-0.25, -0.2) is 0 Å². The van der Waals surface area contributed by atoms with E-state index in [1.165, 1.54) is 5.56 Å². The normalized spacial score (nSPS) is 19.0. The van der Waals surface area contributed by atoms with E-state index in [0.717, 1.165) is 5.75 Å². The van der Waals surface area contributed by atoms with E-state index in [2.05, 4.69) is 26.0 Å². The van der Waals surface area contributed by atoms with Crippen LogP contribution >= 0.6 is 0 Å². The summed E-state index contributed by atoms with van der Waals surface area (Å²) in [5, 5.41) is 0. The molecule has 0 aliphatic carbocycles. The first kappa shape index (κ1) is 11.4. The molecule has 0 aromatic heterocycles. The summed E-state index contributed by atoms with van der Waals surface area (Å²) in [6, 6.07) is 8.09. The summed E-state index contributed by atoms with van der Waals surface area (Å²) in [7, 11) is 1.68. The Labute approximate surface area is 96.5 Å². The Bertz CT molecular complexity index is 378. The first-order chi connectivity index (χ1) is 7.49. The zero-order valence-corrected chi connectivity index (χ0v) is 10.1. The number of rotatable bonds is 3. The van der Waals surface area contributed by atoms with Gasteiger partial charge in [-0.2, -0.15) is 0 Å². The molecule has 1 saturated heterocycles. The lowest BCUT2D eigenvalue weighted by molar-refractivity contribution is -0.0919. The number of nitrogens with two attached hydrogens (primary N) is 1. The molecule has 0 saturated carbocycles. The van der Waals surface area contributed by atoms with Crippen LogP contribution in [0, 0.1) is 0 Å². The van der Waals surface area contributed by atoms with Crippen molar-refractivity contribution >= 4 is 0 Å². The van der Waals surface area contributed by atoms with Gasteiger partial charge in [-0.15, -0.1) is 0 Å². The van der Waals surface area contributed by atoms with Gasteiger partial charge in [-0.3, -0.25) is 0 Å². The highest BCUT2D eigenvalue weighted by atomic mass is 16.5. The first-order valence-corrected chi connectivity index (χ1v) is 5.51. The fourth-order valence-electron chi connectivity index (χ4n) is 2.14. The highest BCUT2D eigenvalue weighted by molar-refractivity contribution is 5.38. The SMILES string of the molecule is COc1cccc(C2(C(C)(C)N)COC2)c1. The third kappa shape index (κ3) is 1.60. The summed E-state index contributed by atoms with van der Waals surface area (Å²) < 4.78 is 10.6. The van der Waals surface area contributed by atoms with Gasteiger partial charge in [0, 0.05) is 5.54 Å². The molecular formula is C13H19NO2. The molecule has 3 nitrogen and oxygen atoms in total. The van der Waals surface area contributed by atoms with E-state index in [1.54, 1.807) is 7.11 Å². The number of ether oxygens (including phenoxy) is 2. The second-order valence-corrected chi connectivity index (χ2v) is 5.03. The van der Waals surface area contributed by atoms with Crippen LogP contribution in [0.15, 0.2) is 24.3 Å². The molecule has 1 aromatic carbocycles. The summed E-state index contributed by atoms with van der Waals surface area (Å²) in [6.45, 7) is 5.47. The topological polar surface area (TPSA) is 44.5 Å². The standard InChI is InChI=1S/C13H19NO2/c1-12(2,14)13(8-16-9-13)10-5-4-6-11(7-10)15-3/h4-7H,8-9,14H2,1-3H3. The fourth-order valence-corrected chi connectivity index (χ4v) is 2.14. The quantitative estimate of drug-likeness (QED) is 0.845. The van der Waals surface area contributed by atoms with Crippen molar-refractivity contribution in [1.29, 1.82) is 0 Å². The van der Waals surface area contributed by atoms with Crippen LogP contribution in [-0.4, -0.2) is 25.9 Å². The molecule has 1 heterocycles. The average Bonchev–Trinajstić information content (AvgIpc) is 2.14. The van der Waals surface area contributed by atoms with Crippen LogP contribution in [-0.2, 0) is 10.2 Å². The lowest BCUT2D eigenvalue weighted by atomic mass is 9.66. The number of benzene rings is 1. The van der Waals surface area contributed by atoms with Crippen molar-refractivity contribution in [2.45, 2.75) is 24.8 Å². The lowest BCUT2D eigenvalue weighted by Gasteiger charge is -2.51. The van der Waals surface area contributed by atoms with Crippen LogP contribution in [0.1, 0.15) is 19.4 Å². The van der Waals surface area contributed by atoms with Crippen molar-refractivity contribution in [1.82, 2.24) is 0 Å². The second-order valence-electron chi connectivity index (χ2n) is 5.03. The van der Waals surface area contributed by atoms with E-state index in [9.17, 15) is 0 Å². The van der Waals surface area contributed by atoms with E-state index in [-0.39, 0.29) is 11.0 Å². The van der Waals surface area contributed by atoms with E-state index in [4.69, 9.17) is 15.2 Å². The van der Waals surface area contributed by atoms with Gasteiger partial charge in [-0.05, 0) is 31.5 Å². The Morgan fingerprint density at radius 3 is 2.50 bits per heavy atom. The minimum absolute atomic E-state index is 0.0818. The maximum Gasteiger partial charge on any atom is 0.119 e. The van der Waals surface area contributed by atoms with Crippen molar-refractivity contribution in [3.63, 3.8) is 0 Å². The van der Waals surface area contributed by atoms with E-state index >= 15 is 0 Å². The number of methoxy groups -OCH3 is 1. The fraction of sp³-hybridized carbons (Fsp3) is 0.538. The zero-order chi connectivity index (χ0) is 11.8. The smallest absolute Gasteiger partial charge is 0.119 e. The highest BCUT2D eigenvalue weighted by Crippen LogP contribution is 2.41. The molecule has 2 N–H and O–H groups in total. The molecule has 1 aromatic rings. The van der Waals surface area contributed by atoms with Gasteiger partial charge in [0.1, 0.15) is 5.75 Å². The van der Waals surface area contributed by atoms with Gasteiger partial charge in [-0.1, -0.05) is 12.1 Å². The van der Waals surface area contributed by atoms with Crippen LogP contribution in [0.2, 0.25) is 0 Å². The number of hydrogen-bond acceptors (Lipinski definition) is 3. The largest absolute Gasteiger partial charge is 0.497 e. The Hall–Kier alpha value is -1.06. The first-order valence-electron chi connectivity index (χ1n) is 5.51. The molecule has 0 spiro atoms. The molecular weight excluding hydrogens is 202 g/mol. The van der Waals surface area contributed by atoms with Gasteiger partial charge in [0.25, 0.3) is 0 Å². The van der Waals surface area contributed by atoms with Gasteiger partial charge in [0.2, 0.25) is 0 Å². The monoisotopic (exact) mass is 221 g/mol. The van der Waals surface area contributed by atoms with Gasteiger partial charge in [0.15, 0.2) is 0 Å². The molecule has 2 rings (SSSR count). The van der Waals surface area contributed by atoms with E-state index < -0.39 is 0 Å². The molecule has 0 radical (unpaired) electrons. The summed E-state index contributed by atoms with van der Waals surface area (Å²) in [5.74, 6) is 0.869. The molecule has 16 heavy (non-hydrogen) atoms. The van der Waals surface area contributed by atoms with Crippen molar-refractivity contribution in [3.05, 3.63) is 29.8 Å². The lowest BCUT2D eigenvalue weighted by Crippen LogP contribution is -2.64. The zero-order valence-electron chi connectivity index (χ0n) is 10.1. The maximum absolute atomic E-state index is 6.28. The Morgan fingerprint density at radius 2 is 2.06 bits per heavy atom. The van der Waals surface area contributed by atoms with Gasteiger partial charge < -0.3 is 15.2 Å². The molecule has 1 aliphatic rings. The minimum Gasteiger partial charge on any atom is -0.497 e. The second kappa shape index (κ2) is 3.75. The summed E-state index contributed by atoms with van der Waals surface area (Å²) >= 11 is 0. The predicted molar refractivity (Wildman–Crippen MR) is 63.8 cm³/mol. The summed E-state index contributed by atoms with van der Waals surface area (Å²) in [6.07, 6.45) is 0. The van der Waals surface area contributed by atoms with Crippen LogP contribution in [0.4, 0.5) is 0 Å². The van der Waals surface area contributed by atoms with Crippen molar-refractivity contribution < 1.29 is 9.47 Å². The highest BCUT2D eigenvalue weighted by Gasteiger charge is 2.50. The Kier molecular flexibility index (Phi) is 2.68. The molecule has 1 aliphatic heterocycles. The summed E-state index contributed by atoms with van der Waals surface area (Å²) in [5.41, 5.74) is 7.10. The molecule has 0 atom stereocenters. The van der Waals surface area contributed by atoms with Gasteiger partial charge >= 0.3 is 0 Å². The number of hydrogen-bond donors (Lipinski definition) is 1. The van der Waals surface area contributed by atoms with Crippen molar-refractivity contribution in [3.8, 4) is 5.75 Å². The predicted octanol–water partition coefficient (Wildman–Crippen LogP) is 1.70. The third-order valence-corrected chi connectivity index (χ3v) is 3.55. The Balaban J connectivity index is 2.41. The van der Waals surface area contributed by atoms with Crippen LogP contribution in [0.25, 0.3) is 0 Å². The van der Waals surface area contributed by atoms with Crippen molar-refractivity contribution in [2.24, 2.45) is 5.73 Å². The van der Waals surface area contributed by atoms with Crippen LogP contribution in [0.3, 0.4) is 0 Å². The average molecular weight is 221 g/mol. The summed E-state index contributed by atoms with van der Waals surface area (Å²) in [4.78, 5) is 0. The molecule has 0 unspecified atom stereocenters. The molecule has 1 fully saturated rings. The maximum atomic E-state index is 6.28. The van der Waals surface area contributed by atoms with Crippen molar-refractivity contribution in [2.75, 3.05) is 20.3 Å².